The van der Waals surface area contributed by atoms with Crippen LogP contribution in [-0.2, 0) is 19.4 Å². The molecule has 1 aromatic rings. The third-order valence-corrected chi connectivity index (χ3v) is 4.55. The number of methoxy groups -OCH3 is 1. The van der Waals surface area contributed by atoms with Crippen LogP contribution in [0.3, 0.4) is 0 Å². The molecule has 0 aromatic heterocycles. The van der Waals surface area contributed by atoms with Gasteiger partial charge in [-0.05, 0) is 38.1 Å². The van der Waals surface area contributed by atoms with E-state index in [1.165, 1.54) is 33.1 Å². The average Bonchev–Trinajstić information content (AvgIpc) is 2.27. The number of hydrogen-bond acceptors (Lipinski definition) is 4. The van der Waals surface area contributed by atoms with Crippen molar-refractivity contribution in [3.05, 3.63) is 30.1 Å². The molecular weight excluding hydrogens is 259 g/mol. The molecule has 1 rings (SSSR count). The van der Waals surface area contributed by atoms with Crippen LogP contribution < -0.4 is 0 Å². The largest absolute Gasteiger partial charge is 0.469 e. The lowest BCUT2D eigenvalue weighted by molar-refractivity contribution is -0.149. The van der Waals surface area contributed by atoms with Crippen molar-refractivity contribution in [1.82, 2.24) is 0 Å². The second kappa shape index (κ2) is 5.06. The van der Waals surface area contributed by atoms with E-state index in [0.717, 1.165) is 12.1 Å². The van der Waals surface area contributed by atoms with Gasteiger partial charge in [0.05, 0.1) is 23.2 Å². The summed E-state index contributed by atoms with van der Waals surface area (Å²) in [6, 6.07) is 4.49. The maximum atomic E-state index is 12.7. The highest BCUT2D eigenvalue weighted by Crippen LogP contribution is 2.24. The molecule has 0 heterocycles. The molecule has 0 saturated heterocycles. The van der Waals surface area contributed by atoms with Crippen molar-refractivity contribution in [3.63, 3.8) is 0 Å². The van der Waals surface area contributed by atoms with Crippen LogP contribution >= 0.6 is 0 Å². The lowest BCUT2D eigenvalue weighted by atomic mass is 9.97. The minimum Gasteiger partial charge on any atom is -0.469 e. The summed E-state index contributed by atoms with van der Waals surface area (Å²) in [6.07, 6.45) is 0. The Morgan fingerprint density at radius 1 is 1.28 bits per heavy atom. The first-order chi connectivity index (χ1) is 8.19. The van der Waals surface area contributed by atoms with Gasteiger partial charge in [0.2, 0.25) is 0 Å². The van der Waals surface area contributed by atoms with E-state index in [0.29, 0.717) is 0 Å². The molecule has 4 nitrogen and oxygen atoms in total. The molecule has 0 fully saturated rings. The monoisotopic (exact) mass is 274 g/mol. The molecule has 0 spiro atoms. The fourth-order valence-corrected chi connectivity index (χ4v) is 3.32. The van der Waals surface area contributed by atoms with E-state index >= 15 is 0 Å². The fraction of sp³-hybridized carbons (Fsp3) is 0.417. The van der Waals surface area contributed by atoms with Gasteiger partial charge < -0.3 is 4.74 Å². The Bertz CT molecular complexity index is 532. The Kier molecular flexibility index (Phi) is 4.11. The molecule has 0 aliphatic heterocycles. The Balaban J connectivity index is 3.02. The van der Waals surface area contributed by atoms with Crippen LogP contribution in [0.15, 0.2) is 29.2 Å². The Hall–Kier alpha value is -1.43. The first kappa shape index (κ1) is 14.6. The quantitative estimate of drug-likeness (QED) is 0.620. The molecule has 18 heavy (non-hydrogen) atoms. The van der Waals surface area contributed by atoms with Gasteiger partial charge in [0.1, 0.15) is 5.82 Å². The van der Waals surface area contributed by atoms with Crippen molar-refractivity contribution in [1.29, 1.82) is 0 Å². The molecule has 0 unspecified atom stereocenters. The van der Waals surface area contributed by atoms with Gasteiger partial charge in [-0.1, -0.05) is 0 Å². The molecule has 0 saturated carbocycles. The van der Waals surface area contributed by atoms with Crippen LogP contribution in [0, 0.1) is 11.2 Å². The van der Waals surface area contributed by atoms with E-state index in [4.69, 9.17) is 0 Å². The van der Waals surface area contributed by atoms with Gasteiger partial charge >= 0.3 is 5.97 Å². The summed E-state index contributed by atoms with van der Waals surface area (Å²) in [5.74, 6) is -1.51. The van der Waals surface area contributed by atoms with Crippen molar-refractivity contribution < 1.29 is 22.3 Å². The van der Waals surface area contributed by atoms with Crippen molar-refractivity contribution in [2.75, 3.05) is 12.9 Å². The van der Waals surface area contributed by atoms with Gasteiger partial charge in [-0.25, -0.2) is 12.8 Å². The normalized spacial score (nSPS) is 12.2. The summed E-state index contributed by atoms with van der Waals surface area (Å²) in [5.41, 5.74) is -1.15. The molecule has 0 aliphatic carbocycles. The van der Waals surface area contributed by atoms with Crippen LogP contribution in [0.25, 0.3) is 0 Å². The van der Waals surface area contributed by atoms with Gasteiger partial charge in [-0.2, -0.15) is 0 Å². The zero-order chi connectivity index (χ0) is 14.0. The zero-order valence-corrected chi connectivity index (χ0v) is 11.3. The topological polar surface area (TPSA) is 60.4 Å². The van der Waals surface area contributed by atoms with Gasteiger partial charge in [0, 0.05) is 0 Å². The van der Waals surface area contributed by atoms with E-state index in [-0.39, 0.29) is 4.90 Å². The standard InChI is InChI=1S/C12H15FO4S/c1-12(2,11(14)17-3)8-18(15,16)10-6-4-9(13)5-7-10/h4-7H,8H2,1-3H3. The number of carbonyl (C=O) groups excluding carboxylic acids is 1. The molecule has 6 heteroatoms. The molecule has 0 atom stereocenters. The minimum absolute atomic E-state index is 0.0131. The Morgan fingerprint density at radius 2 is 1.78 bits per heavy atom. The predicted octanol–water partition coefficient (Wildman–Crippen LogP) is 1.80. The van der Waals surface area contributed by atoms with Crippen LogP contribution in [0.1, 0.15) is 13.8 Å². The lowest BCUT2D eigenvalue weighted by Gasteiger charge is -2.21. The van der Waals surface area contributed by atoms with Gasteiger partial charge in [-0.15, -0.1) is 0 Å². The summed E-state index contributed by atoms with van der Waals surface area (Å²) in [5, 5.41) is 0. The van der Waals surface area contributed by atoms with Crippen LogP contribution in [-0.4, -0.2) is 27.2 Å². The number of benzene rings is 1. The third kappa shape index (κ3) is 3.29. The maximum Gasteiger partial charge on any atom is 0.312 e. The van der Waals surface area contributed by atoms with E-state index in [1.54, 1.807) is 0 Å². The SMILES string of the molecule is COC(=O)C(C)(C)CS(=O)(=O)c1ccc(F)cc1. The summed E-state index contributed by atoms with van der Waals surface area (Å²) in [6.45, 7) is 2.97. The molecule has 0 bridgehead atoms. The maximum absolute atomic E-state index is 12.7. The van der Waals surface area contributed by atoms with E-state index in [1.807, 2.05) is 0 Å². The number of hydrogen-bond donors (Lipinski definition) is 0. The van der Waals surface area contributed by atoms with Crippen molar-refractivity contribution in [2.45, 2.75) is 18.7 Å². The molecular formula is C12H15FO4S. The van der Waals surface area contributed by atoms with Crippen molar-refractivity contribution >= 4 is 15.8 Å². The molecule has 100 valence electrons. The second-order valence-electron chi connectivity index (χ2n) is 4.59. The van der Waals surface area contributed by atoms with Crippen LogP contribution in [0.5, 0.6) is 0 Å². The summed E-state index contributed by atoms with van der Waals surface area (Å²) < 4.78 is 41.4. The number of halogens is 1. The summed E-state index contributed by atoms with van der Waals surface area (Å²) in [4.78, 5) is 11.4. The number of rotatable bonds is 4. The number of ether oxygens (including phenoxy) is 1. The van der Waals surface area contributed by atoms with Crippen LogP contribution in [0.2, 0.25) is 0 Å². The van der Waals surface area contributed by atoms with Gasteiger partial charge in [0.25, 0.3) is 0 Å². The molecule has 1 aromatic carbocycles. The number of carbonyl (C=O) groups is 1. The second-order valence-corrected chi connectivity index (χ2v) is 6.58. The molecule has 0 radical (unpaired) electrons. The first-order valence-corrected chi connectivity index (χ1v) is 6.91. The van der Waals surface area contributed by atoms with Crippen molar-refractivity contribution in [3.8, 4) is 0 Å². The fourth-order valence-electron chi connectivity index (χ4n) is 1.54. The van der Waals surface area contributed by atoms with Crippen LogP contribution in [0.4, 0.5) is 4.39 Å². The average molecular weight is 274 g/mol. The van der Waals surface area contributed by atoms with E-state index in [2.05, 4.69) is 4.74 Å². The van der Waals surface area contributed by atoms with Crippen molar-refractivity contribution in [2.24, 2.45) is 5.41 Å². The molecule has 0 amide bonds. The third-order valence-electron chi connectivity index (χ3n) is 2.46. The highest BCUT2D eigenvalue weighted by atomic mass is 32.2. The number of esters is 1. The summed E-state index contributed by atoms with van der Waals surface area (Å²) >= 11 is 0. The molecule has 0 N–H and O–H groups in total. The Labute approximate surface area is 106 Å². The molecule has 0 aliphatic rings. The summed E-state index contributed by atoms with van der Waals surface area (Å²) in [7, 11) is -2.45. The lowest BCUT2D eigenvalue weighted by Crippen LogP contribution is -2.33. The number of sulfone groups is 1. The zero-order valence-electron chi connectivity index (χ0n) is 10.4. The van der Waals surface area contributed by atoms with Gasteiger partial charge in [-0.3, -0.25) is 4.79 Å². The first-order valence-electron chi connectivity index (χ1n) is 5.26. The Morgan fingerprint density at radius 3 is 2.22 bits per heavy atom. The predicted molar refractivity (Wildman–Crippen MR) is 64.2 cm³/mol. The van der Waals surface area contributed by atoms with Gasteiger partial charge in [0.15, 0.2) is 9.84 Å². The highest BCUT2D eigenvalue weighted by Gasteiger charge is 2.35. The highest BCUT2D eigenvalue weighted by molar-refractivity contribution is 7.91. The minimum atomic E-state index is -3.66. The van der Waals surface area contributed by atoms with E-state index < -0.39 is 32.8 Å². The van der Waals surface area contributed by atoms with E-state index in [9.17, 15) is 17.6 Å². The smallest absolute Gasteiger partial charge is 0.312 e.